The van der Waals surface area contributed by atoms with Crippen LogP contribution in [0.5, 0.6) is 5.75 Å². The SMILES string of the molecule is Cc1ccc(OC2CCN(C(=O)Cc3ccc(N)cc3)CC2)cc1.Cl. The van der Waals surface area contributed by atoms with Crippen molar-refractivity contribution in [2.75, 3.05) is 18.8 Å². The Labute approximate surface area is 155 Å². The number of anilines is 1. The maximum atomic E-state index is 12.4. The second-order valence-electron chi connectivity index (χ2n) is 6.43. The van der Waals surface area contributed by atoms with Crippen molar-refractivity contribution in [1.82, 2.24) is 4.90 Å². The van der Waals surface area contributed by atoms with Crippen LogP contribution in [-0.2, 0) is 11.2 Å². The Morgan fingerprint density at radius 3 is 2.28 bits per heavy atom. The molecule has 25 heavy (non-hydrogen) atoms. The lowest BCUT2D eigenvalue weighted by molar-refractivity contribution is -0.132. The predicted octanol–water partition coefficient (Wildman–Crippen LogP) is 3.61. The van der Waals surface area contributed by atoms with E-state index in [1.165, 1.54) is 5.56 Å². The van der Waals surface area contributed by atoms with Crippen molar-refractivity contribution in [2.45, 2.75) is 32.3 Å². The van der Waals surface area contributed by atoms with Crippen LogP contribution in [0.4, 0.5) is 5.69 Å². The van der Waals surface area contributed by atoms with Gasteiger partial charge in [0, 0.05) is 31.6 Å². The van der Waals surface area contributed by atoms with Crippen molar-refractivity contribution < 1.29 is 9.53 Å². The van der Waals surface area contributed by atoms with Crippen LogP contribution < -0.4 is 10.5 Å². The predicted molar refractivity (Wildman–Crippen MR) is 103 cm³/mol. The molecule has 1 fully saturated rings. The van der Waals surface area contributed by atoms with E-state index in [1.807, 2.05) is 41.3 Å². The number of ether oxygens (including phenoxy) is 1. The summed E-state index contributed by atoms with van der Waals surface area (Å²) in [6, 6.07) is 15.6. The molecular weight excluding hydrogens is 336 g/mol. The van der Waals surface area contributed by atoms with Crippen LogP contribution in [0.2, 0.25) is 0 Å². The number of nitrogens with two attached hydrogens (primary N) is 1. The number of aryl methyl sites for hydroxylation is 1. The van der Waals surface area contributed by atoms with Gasteiger partial charge in [0.2, 0.25) is 5.91 Å². The molecule has 1 saturated heterocycles. The highest BCUT2D eigenvalue weighted by Gasteiger charge is 2.23. The van der Waals surface area contributed by atoms with E-state index in [1.54, 1.807) is 0 Å². The Morgan fingerprint density at radius 2 is 1.68 bits per heavy atom. The third-order valence-electron chi connectivity index (χ3n) is 4.45. The second kappa shape index (κ2) is 8.77. The van der Waals surface area contributed by atoms with Crippen LogP contribution in [0.25, 0.3) is 0 Å². The zero-order valence-electron chi connectivity index (χ0n) is 14.5. The van der Waals surface area contributed by atoms with Crippen molar-refractivity contribution in [1.29, 1.82) is 0 Å². The van der Waals surface area contributed by atoms with Gasteiger partial charge in [-0.1, -0.05) is 29.8 Å². The van der Waals surface area contributed by atoms with Crippen molar-refractivity contribution in [3.05, 3.63) is 59.7 Å². The molecule has 3 rings (SSSR count). The lowest BCUT2D eigenvalue weighted by Gasteiger charge is -2.32. The standard InChI is InChI=1S/C20H24N2O2.ClH/c1-15-2-8-18(9-3-15)24-19-10-12-22(13-11-19)20(23)14-16-4-6-17(21)7-5-16;/h2-9,19H,10-14,21H2,1H3;1H. The third-order valence-corrected chi connectivity index (χ3v) is 4.45. The summed E-state index contributed by atoms with van der Waals surface area (Å²) in [4.78, 5) is 14.3. The van der Waals surface area contributed by atoms with Gasteiger partial charge in [-0.3, -0.25) is 4.79 Å². The number of likely N-dealkylation sites (tertiary alicyclic amines) is 1. The molecule has 5 heteroatoms. The summed E-state index contributed by atoms with van der Waals surface area (Å²) in [7, 11) is 0. The van der Waals surface area contributed by atoms with E-state index >= 15 is 0 Å². The summed E-state index contributed by atoms with van der Waals surface area (Å²) >= 11 is 0. The Balaban J connectivity index is 0.00000225. The number of benzene rings is 2. The van der Waals surface area contributed by atoms with Crippen LogP contribution >= 0.6 is 12.4 Å². The Morgan fingerprint density at radius 1 is 1.08 bits per heavy atom. The molecule has 1 aliphatic heterocycles. The quantitative estimate of drug-likeness (QED) is 0.847. The van der Waals surface area contributed by atoms with Crippen molar-refractivity contribution in [3.63, 3.8) is 0 Å². The summed E-state index contributed by atoms with van der Waals surface area (Å²) in [5.41, 5.74) is 8.63. The third kappa shape index (κ3) is 5.40. The van der Waals surface area contributed by atoms with Gasteiger partial charge in [-0.2, -0.15) is 0 Å². The molecule has 2 N–H and O–H groups in total. The number of carbonyl (C=O) groups is 1. The van der Waals surface area contributed by atoms with Gasteiger partial charge in [0.1, 0.15) is 11.9 Å². The lowest BCUT2D eigenvalue weighted by Crippen LogP contribution is -2.42. The normalized spacial score (nSPS) is 14.7. The van der Waals surface area contributed by atoms with E-state index in [0.29, 0.717) is 6.42 Å². The van der Waals surface area contributed by atoms with Gasteiger partial charge in [0.05, 0.1) is 6.42 Å². The summed E-state index contributed by atoms with van der Waals surface area (Å²) in [5.74, 6) is 1.08. The molecular formula is C20H25ClN2O2. The van der Waals surface area contributed by atoms with E-state index in [2.05, 4.69) is 19.1 Å². The minimum Gasteiger partial charge on any atom is -0.490 e. The number of amides is 1. The molecule has 134 valence electrons. The zero-order valence-corrected chi connectivity index (χ0v) is 15.3. The van der Waals surface area contributed by atoms with Crippen LogP contribution in [-0.4, -0.2) is 30.0 Å². The van der Waals surface area contributed by atoms with Gasteiger partial charge in [-0.05, 0) is 36.8 Å². The fourth-order valence-corrected chi connectivity index (χ4v) is 2.95. The average Bonchev–Trinajstić information content (AvgIpc) is 2.59. The number of nitrogen functional groups attached to an aromatic ring is 1. The molecule has 4 nitrogen and oxygen atoms in total. The lowest BCUT2D eigenvalue weighted by atomic mass is 10.1. The molecule has 2 aromatic carbocycles. The molecule has 0 saturated carbocycles. The molecule has 0 unspecified atom stereocenters. The summed E-state index contributed by atoms with van der Waals surface area (Å²) in [5, 5.41) is 0. The van der Waals surface area contributed by atoms with E-state index in [4.69, 9.17) is 10.5 Å². The molecule has 1 aliphatic rings. The van der Waals surface area contributed by atoms with Gasteiger partial charge in [-0.15, -0.1) is 12.4 Å². The fourth-order valence-electron chi connectivity index (χ4n) is 2.95. The molecule has 0 spiro atoms. The molecule has 1 heterocycles. The number of hydrogen-bond donors (Lipinski definition) is 1. The number of carbonyl (C=O) groups excluding carboxylic acids is 1. The largest absolute Gasteiger partial charge is 0.490 e. The topological polar surface area (TPSA) is 55.6 Å². The van der Waals surface area contributed by atoms with Crippen LogP contribution in [0, 0.1) is 6.92 Å². The Hall–Kier alpha value is -2.20. The number of rotatable bonds is 4. The summed E-state index contributed by atoms with van der Waals surface area (Å²) < 4.78 is 6.02. The van der Waals surface area contributed by atoms with E-state index < -0.39 is 0 Å². The van der Waals surface area contributed by atoms with Crippen molar-refractivity contribution >= 4 is 24.0 Å². The Bertz CT molecular complexity index is 678. The highest BCUT2D eigenvalue weighted by atomic mass is 35.5. The van der Waals surface area contributed by atoms with Gasteiger partial charge >= 0.3 is 0 Å². The zero-order chi connectivity index (χ0) is 16.9. The van der Waals surface area contributed by atoms with Crippen LogP contribution in [0.3, 0.4) is 0 Å². The maximum absolute atomic E-state index is 12.4. The second-order valence-corrected chi connectivity index (χ2v) is 6.43. The Kier molecular flexibility index (Phi) is 6.71. The number of halogens is 1. The molecule has 2 aromatic rings. The number of nitrogens with zero attached hydrogens (tertiary/aromatic N) is 1. The van der Waals surface area contributed by atoms with Crippen molar-refractivity contribution in [3.8, 4) is 5.75 Å². The molecule has 0 atom stereocenters. The van der Waals surface area contributed by atoms with E-state index in [9.17, 15) is 4.79 Å². The van der Waals surface area contributed by atoms with Gasteiger partial charge in [0.25, 0.3) is 0 Å². The molecule has 0 bridgehead atoms. The number of hydrogen-bond acceptors (Lipinski definition) is 3. The monoisotopic (exact) mass is 360 g/mol. The van der Waals surface area contributed by atoms with Gasteiger partial charge in [-0.25, -0.2) is 0 Å². The highest BCUT2D eigenvalue weighted by molar-refractivity contribution is 5.85. The summed E-state index contributed by atoms with van der Waals surface area (Å²) in [6.07, 6.45) is 2.38. The van der Waals surface area contributed by atoms with Gasteiger partial charge < -0.3 is 15.4 Å². The van der Waals surface area contributed by atoms with Crippen LogP contribution in [0.15, 0.2) is 48.5 Å². The van der Waals surface area contributed by atoms with E-state index in [-0.39, 0.29) is 24.4 Å². The highest BCUT2D eigenvalue weighted by Crippen LogP contribution is 2.20. The molecule has 1 amide bonds. The first-order valence-corrected chi connectivity index (χ1v) is 8.46. The van der Waals surface area contributed by atoms with Gasteiger partial charge in [0.15, 0.2) is 0 Å². The van der Waals surface area contributed by atoms with Crippen LogP contribution in [0.1, 0.15) is 24.0 Å². The summed E-state index contributed by atoms with van der Waals surface area (Å²) in [6.45, 7) is 3.57. The maximum Gasteiger partial charge on any atom is 0.226 e. The van der Waals surface area contributed by atoms with E-state index in [0.717, 1.165) is 42.9 Å². The first-order valence-electron chi connectivity index (χ1n) is 8.46. The van der Waals surface area contributed by atoms with Crippen molar-refractivity contribution in [2.24, 2.45) is 0 Å². The molecule has 0 aliphatic carbocycles. The first-order chi connectivity index (χ1) is 11.6. The molecule has 0 aromatic heterocycles. The molecule has 0 radical (unpaired) electrons. The number of piperidine rings is 1. The average molecular weight is 361 g/mol. The smallest absolute Gasteiger partial charge is 0.226 e. The first kappa shape index (κ1) is 19.1. The minimum atomic E-state index is 0. The fraction of sp³-hybridized carbons (Fsp3) is 0.350. The minimum absolute atomic E-state index is 0.